The summed E-state index contributed by atoms with van der Waals surface area (Å²) in [4.78, 5) is 14.4. The van der Waals surface area contributed by atoms with Crippen LogP contribution in [0.2, 0.25) is 0 Å². The maximum absolute atomic E-state index is 12.4. The Morgan fingerprint density at radius 1 is 1.35 bits per heavy atom. The number of hydrogen-bond acceptors (Lipinski definition) is 3. The van der Waals surface area contributed by atoms with Crippen molar-refractivity contribution in [1.82, 2.24) is 4.90 Å². The number of hydrogen-bond donors (Lipinski definition) is 1. The van der Waals surface area contributed by atoms with Crippen LogP contribution in [-0.4, -0.2) is 42.6 Å². The number of nitrogens with two attached hydrogens (primary N) is 1. The van der Waals surface area contributed by atoms with Gasteiger partial charge < -0.3 is 15.4 Å². The van der Waals surface area contributed by atoms with Crippen LogP contribution in [0.3, 0.4) is 0 Å². The fourth-order valence-electron chi connectivity index (χ4n) is 2.86. The Morgan fingerprint density at radius 2 is 2.12 bits per heavy atom. The SMILES string of the molecule is CC1CCOC1C(=O)N1CC(CN)CCC1C. The van der Waals surface area contributed by atoms with Gasteiger partial charge in [0.05, 0.1) is 0 Å². The molecule has 2 heterocycles. The number of ether oxygens (including phenoxy) is 1. The zero-order valence-corrected chi connectivity index (χ0v) is 10.9. The molecule has 0 aromatic heterocycles. The van der Waals surface area contributed by atoms with Gasteiger partial charge in [-0.15, -0.1) is 0 Å². The minimum atomic E-state index is -0.214. The van der Waals surface area contributed by atoms with Crippen LogP contribution in [0.25, 0.3) is 0 Å². The third-order valence-corrected chi connectivity index (χ3v) is 4.23. The van der Waals surface area contributed by atoms with E-state index >= 15 is 0 Å². The van der Waals surface area contributed by atoms with Crippen molar-refractivity contribution >= 4 is 5.91 Å². The van der Waals surface area contributed by atoms with Crippen LogP contribution in [0.15, 0.2) is 0 Å². The number of piperidine rings is 1. The average molecular weight is 240 g/mol. The summed E-state index contributed by atoms with van der Waals surface area (Å²) in [7, 11) is 0. The Labute approximate surface area is 103 Å². The number of amides is 1. The summed E-state index contributed by atoms with van der Waals surface area (Å²) in [5.74, 6) is 1.00. The lowest BCUT2D eigenvalue weighted by molar-refractivity contribution is -0.146. The van der Waals surface area contributed by atoms with Crippen LogP contribution < -0.4 is 5.73 Å². The van der Waals surface area contributed by atoms with Crippen LogP contribution in [0.4, 0.5) is 0 Å². The van der Waals surface area contributed by atoms with Crippen molar-refractivity contribution < 1.29 is 9.53 Å². The average Bonchev–Trinajstić information content (AvgIpc) is 2.75. The molecular weight excluding hydrogens is 216 g/mol. The minimum Gasteiger partial charge on any atom is -0.368 e. The van der Waals surface area contributed by atoms with E-state index in [1.807, 2.05) is 4.90 Å². The van der Waals surface area contributed by atoms with Crippen LogP contribution in [-0.2, 0) is 9.53 Å². The number of likely N-dealkylation sites (tertiary alicyclic amines) is 1. The van der Waals surface area contributed by atoms with Gasteiger partial charge in [-0.3, -0.25) is 4.79 Å². The normalized spacial score (nSPS) is 38.4. The molecule has 2 saturated heterocycles. The molecule has 4 unspecified atom stereocenters. The number of nitrogens with zero attached hydrogens (tertiary/aromatic N) is 1. The first-order valence-electron chi connectivity index (χ1n) is 6.75. The Balaban J connectivity index is 2.01. The molecule has 2 aliphatic heterocycles. The molecule has 2 aliphatic rings. The molecule has 2 rings (SSSR count). The lowest BCUT2D eigenvalue weighted by Crippen LogP contribution is -2.51. The molecule has 4 heteroatoms. The van der Waals surface area contributed by atoms with Crippen LogP contribution in [0.1, 0.15) is 33.1 Å². The first kappa shape index (κ1) is 12.8. The summed E-state index contributed by atoms with van der Waals surface area (Å²) in [5.41, 5.74) is 5.72. The van der Waals surface area contributed by atoms with E-state index in [-0.39, 0.29) is 12.0 Å². The zero-order valence-electron chi connectivity index (χ0n) is 10.9. The van der Waals surface area contributed by atoms with Crippen LogP contribution in [0, 0.1) is 11.8 Å². The third kappa shape index (κ3) is 2.63. The second kappa shape index (κ2) is 5.36. The zero-order chi connectivity index (χ0) is 12.4. The highest BCUT2D eigenvalue weighted by molar-refractivity contribution is 5.82. The fourth-order valence-corrected chi connectivity index (χ4v) is 2.86. The standard InChI is InChI=1S/C13H24N2O2/c1-9-5-6-17-12(9)13(16)15-8-11(7-14)4-3-10(15)2/h9-12H,3-8,14H2,1-2H3. The number of carbonyl (C=O) groups is 1. The van der Waals surface area contributed by atoms with Crippen molar-refractivity contribution in [3.8, 4) is 0 Å². The largest absolute Gasteiger partial charge is 0.368 e. The highest BCUT2D eigenvalue weighted by Crippen LogP contribution is 2.27. The summed E-state index contributed by atoms with van der Waals surface area (Å²) in [6, 6.07) is 0.335. The van der Waals surface area contributed by atoms with Crippen molar-refractivity contribution in [3.05, 3.63) is 0 Å². The van der Waals surface area contributed by atoms with E-state index in [4.69, 9.17) is 10.5 Å². The van der Waals surface area contributed by atoms with Gasteiger partial charge in [-0.05, 0) is 44.6 Å². The fraction of sp³-hybridized carbons (Fsp3) is 0.923. The summed E-state index contributed by atoms with van der Waals surface area (Å²) < 4.78 is 5.57. The monoisotopic (exact) mass is 240 g/mol. The van der Waals surface area contributed by atoms with Crippen molar-refractivity contribution in [2.45, 2.75) is 45.3 Å². The lowest BCUT2D eigenvalue weighted by Gasteiger charge is -2.39. The first-order valence-corrected chi connectivity index (χ1v) is 6.75. The second-order valence-electron chi connectivity index (χ2n) is 5.58. The number of rotatable bonds is 2. The van der Waals surface area contributed by atoms with Crippen molar-refractivity contribution in [3.63, 3.8) is 0 Å². The van der Waals surface area contributed by atoms with Gasteiger partial charge >= 0.3 is 0 Å². The Hall–Kier alpha value is -0.610. The predicted molar refractivity (Wildman–Crippen MR) is 66.5 cm³/mol. The molecule has 4 atom stereocenters. The number of carbonyl (C=O) groups excluding carboxylic acids is 1. The van der Waals surface area contributed by atoms with E-state index < -0.39 is 0 Å². The molecule has 0 bridgehead atoms. The molecule has 2 fully saturated rings. The van der Waals surface area contributed by atoms with Gasteiger partial charge in [-0.25, -0.2) is 0 Å². The van der Waals surface area contributed by atoms with Gasteiger partial charge in [-0.1, -0.05) is 6.92 Å². The summed E-state index contributed by atoms with van der Waals surface area (Å²) in [6.07, 6.45) is 2.99. The Morgan fingerprint density at radius 3 is 2.71 bits per heavy atom. The molecule has 0 saturated carbocycles. The Kier molecular flexibility index (Phi) is 4.05. The van der Waals surface area contributed by atoms with Gasteiger partial charge in [-0.2, -0.15) is 0 Å². The van der Waals surface area contributed by atoms with Crippen LogP contribution in [0.5, 0.6) is 0 Å². The van der Waals surface area contributed by atoms with Crippen molar-refractivity contribution in [1.29, 1.82) is 0 Å². The van der Waals surface area contributed by atoms with E-state index in [1.54, 1.807) is 0 Å². The molecule has 0 aliphatic carbocycles. The molecule has 0 spiro atoms. The topological polar surface area (TPSA) is 55.6 Å². The molecule has 0 radical (unpaired) electrons. The molecule has 98 valence electrons. The van der Waals surface area contributed by atoms with E-state index in [0.29, 0.717) is 24.4 Å². The maximum atomic E-state index is 12.4. The smallest absolute Gasteiger partial charge is 0.252 e. The lowest BCUT2D eigenvalue weighted by atomic mass is 9.92. The second-order valence-corrected chi connectivity index (χ2v) is 5.58. The molecular formula is C13H24N2O2. The predicted octanol–water partition coefficient (Wildman–Crippen LogP) is 0.997. The summed E-state index contributed by atoms with van der Waals surface area (Å²) in [6.45, 7) is 6.44. The van der Waals surface area contributed by atoms with Crippen molar-refractivity contribution in [2.24, 2.45) is 17.6 Å². The highest BCUT2D eigenvalue weighted by atomic mass is 16.5. The quantitative estimate of drug-likeness (QED) is 0.783. The van der Waals surface area contributed by atoms with Gasteiger partial charge in [0.15, 0.2) is 0 Å². The van der Waals surface area contributed by atoms with Crippen molar-refractivity contribution in [2.75, 3.05) is 19.7 Å². The Bertz CT molecular complexity index is 283. The minimum absolute atomic E-state index is 0.181. The molecule has 2 N–H and O–H groups in total. The highest BCUT2D eigenvalue weighted by Gasteiger charge is 2.37. The maximum Gasteiger partial charge on any atom is 0.252 e. The van der Waals surface area contributed by atoms with E-state index in [9.17, 15) is 4.79 Å². The molecule has 0 aromatic rings. The third-order valence-electron chi connectivity index (χ3n) is 4.23. The first-order chi connectivity index (χ1) is 8.13. The van der Waals surface area contributed by atoms with E-state index in [2.05, 4.69) is 13.8 Å². The van der Waals surface area contributed by atoms with Crippen LogP contribution >= 0.6 is 0 Å². The van der Waals surface area contributed by atoms with Gasteiger partial charge in [0, 0.05) is 19.2 Å². The molecule has 0 aromatic carbocycles. The van der Waals surface area contributed by atoms with E-state index in [1.165, 1.54) is 0 Å². The van der Waals surface area contributed by atoms with Gasteiger partial charge in [0.2, 0.25) is 0 Å². The molecule has 1 amide bonds. The summed E-state index contributed by atoms with van der Waals surface area (Å²) >= 11 is 0. The van der Waals surface area contributed by atoms with E-state index in [0.717, 1.165) is 32.4 Å². The molecule has 4 nitrogen and oxygen atoms in total. The van der Waals surface area contributed by atoms with Gasteiger partial charge in [0.1, 0.15) is 6.10 Å². The summed E-state index contributed by atoms with van der Waals surface area (Å²) in [5, 5.41) is 0. The van der Waals surface area contributed by atoms with Gasteiger partial charge in [0.25, 0.3) is 5.91 Å². The molecule has 17 heavy (non-hydrogen) atoms.